The summed E-state index contributed by atoms with van der Waals surface area (Å²) in [4.78, 5) is 13.4. The van der Waals surface area contributed by atoms with Crippen LogP contribution in [0.1, 0.15) is 26.3 Å². The van der Waals surface area contributed by atoms with Crippen molar-refractivity contribution in [2.75, 3.05) is 18.6 Å². The number of hydrogen-bond donors (Lipinski definition) is 1. The number of para-hydroxylation sites is 1. The van der Waals surface area contributed by atoms with Gasteiger partial charge >= 0.3 is 6.09 Å². The Morgan fingerprint density at radius 2 is 1.94 bits per heavy atom. The maximum absolute atomic E-state index is 12.0. The number of aliphatic hydroxyl groups excluding tert-OH is 1. The van der Waals surface area contributed by atoms with Crippen molar-refractivity contribution in [2.45, 2.75) is 32.8 Å². The van der Waals surface area contributed by atoms with E-state index in [-0.39, 0.29) is 6.61 Å². The van der Waals surface area contributed by atoms with E-state index in [1.807, 2.05) is 45.0 Å². The molecule has 0 atom stereocenters. The highest BCUT2D eigenvalue weighted by atomic mass is 16.6. The van der Waals surface area contributed by atoms with Gasteiger partial charge in [0.25, 0.3) is 0 Å². The number of carbonyl (C=O) groups is 1. The predicted molar refractivity (Wildman–Crippen MR) is 71.9 cm³/mol. The molecule has 0 bridgehead atoms. The van der Waals surface area contributed by atoms with Gasteiger partial charge in [-0.1, -0.05) is 18.2 Å². The molecule has 0 aliphatic rings. The van der Waals surface area contributed by atoms with Crippen LogP contribution < -0.4 is 4.90 Å². The van der Waals surface area contributed by atoms with Crippen molar-refractivity contribution < 1.29 is 14.6 Å². The zero-order chi connectivity index (χ0) is 13.8. The van der Waals surface area contributed by atoms with E-state index in [4.69, 9.17) is 9.84 Å². The first-order valence-corrected chi connectivity index (χ1v) is 6.00. The van der Waals surface area contributed by atoms with Gasteiger partial charge < -0.3 is 9.84 Å². The van der Waals surface area contributed by atoms with Gasteiger partial charge in [-0.2, -0.15) is 0 Å². The fraction of sp³-hybridized carbons (Fsp3) is 0.500. The standard InChI is InChI=1S/C14H21NO3/c1-14(2,3)18-13(17)15(4)12-8-6-5-7-11(12)9-10-16/h5-8,16H,9-10H2,1-4H3. The van der Waals surface area contributed by atoms with E-state index < -0.39 is 11.7 Å². The van der Waals surface area contributed by atoms with Crippen LogP contribution >= 0.6 is 0 Å². The molecule has 1 aromatic carbocycles. The van der Waals surface area contributed by atoms with Crippen molar-refractivity contribution in [1.82, 2.24) is 0 Å². The molecule has 0 saturated carbocycles. The van der Waals surface area contributed by atoms with E-state index in [1.165, 1.54) is 4.90 Å². The molecule has 0 radical (unpaired) electrons. The van der Waals surface area contributed by atoms with Gasteiger partial charge in [0.2, 0.25) is 0 Å². The van der Waals surface area contributed by atoms with Gasteiger partial charge in [-0.25, -0.2) is 4.79 Å². The average Bonchev–Trinajstić information content (AvgIpc) is 2.27. The summed E-state index contributed by atoms with van der Waals surface area (Å²) in [5.41, 5.74) is 1.17. The third-order valence-corrected chi connectivity index (χ3v) is 2.40. The second kappa shape index (κ2) is 5.87. The lowest BCUT2D eigenvalue weighted by molar-refractivity contribution is 0.0589. The van der Waals surface area contributed by atoms with Crippen LogP contribution in [0.2, 0.25) is 0 Å². The molecule has 1 aromatic rings. The van der Waals surface area contributed by atoms with Gasteiger partial charge in [-0.05, 0) is 38.8 Å². The zero-order valence-electron chi connectivity index (χ0n) is 11.4. The number of hydrogen-bond acceptors (Lipinski definition) is 3. The Balaban J connectivity index is 2.89. The minimum Gasteiger partial charge on any atom is -0.443 e. The molecule has 18 heavy (non-hydrogen) atoms. The summed E-state index contributed by atoms with van der Waals surface area (Å²) in [7, 11) is 1.67. The topological polar surface area (TPSA) is 49.8 Å². The highest BCUT2D eigenvalue weighted by Gasteiger charge is 2.21. The summed E-state index contributed by atoms with van der Waals surface area (Å²) in [5.74, 6) is 0. The summed E-state index contributed by atoms with van der Waals surface area (Å²) in [6.45, 7) is 5.55. The lowest BCUT2D eigenvalue weighted by atomic mass is 10.1. The zero-order valence-corrected chi connectivity index (χ0v) is 11.4. The Morgan fingerprint density at radius 1 is 1.33 bits per heavy atom. The maximum atomic E-state index is 12.0. The van der Waals surface area contributed by atoms with E-state index in [9.17, 15) is 4.79 Å². The molecule has 4 nitrogen and oxygen atoms in total. The van der Waals surface area contributed by atoms with Crippen LogP contribution in [0.25, 0.3) is 0 Å². The van der Waals surface area contributed by atoms with Gasteiger partial charge in [-0.3, -0.25) is 4.90 Å². The minimum absolute atomic E-state index is 0.0547. The fourth-order valence-corrected chi connectivity index (χ4v) is 1.60. The molecular formula is C14H21NO3. The molecule has 0 saturated heterocycles. The van der Waals surface area contributed by atoms with Crippen molar-refractivity contribution >= 4 is 11.8 Å². The first kappa shape index (κ1) is 14.5. The van der Waals surface area contributed by atoms with E-state index in [0.717, 1.165) is 11.3 Å². The van der Waals surface area contributed by atoms with Crippen LogP contribution in [0.5, 0.6) is 0 Å². The van der Waals surface area contributed by atoms with Gasteiger partial charge in [0.15, 0.2) is 0 Å². The molecule has 1 rings (SSSR count). The number of anilines is 1. The number of nitrogens with zero attached hydrogens (tertiary/aromatic N) is 1. The summed E-state index contributed by atoms with van der Waals surface area (Å²) < 4.78 is 5.31. The van der Waals surface area contributed by atoms with Gasteiger partial charge in [0.1, 0.15) is 5.60 Å². The first-order valence-electron chi connectivity index (χ1n) is 6.00. The van der Waals surface area contributed by atoms with E-state index in [0.29, 0.717) is 6.42 Å². The summed E-state index contributed by atoms with van der Waals surface area (Å²) >= 11 is 0. The second-order valence-electron chi connectivity index (χ2n) is 5.14. The molecule has 0 fully saturated rings. The SMILES string of the molecule is CN(C(=O)OC(C)(C)C)c1ccccc1CCO. The summed E-state index contributed by atoms with van der Waals surface area (Å²) in [6.07, 6.45) is 0.122. The Bertz CT molecular complexity index is 410. The van der Waals surface area contributed by atoms with Crippen LogP contribution in [-0.2, 0) is 11.2 Å². The Hall–Kier alpha value is -1.55. The number of carbonyl (C=O) groups excluding carboxylic acids is 1. The fourth-order valence-electron chi connectivity index (χ4n) is 1.60. The average molecular weight is 251 g/mol. The monoisotopic (exact) mass is 251 g/mol. The molecule has 0 unspecified atom stereocenters. The van der Waals surface area contributed by atoms with Gasteiger partial charge in [-0.15, -0.1) is 0 Å². The van der Waals surface area contributed by atoms with Crippen LogP contribution in [0.15, 0.2) is 24.3 Å². The van der Waals surface area contributed by atoms with E-state index in [1.54, 1.807) is 7.05 Å². The summed E-state index contributed by atoms with van der Waals surface area (Å²) in [5, 5.41) is 9.02. The number of amides is 1. The minimum atomic E-state index is -0.517. The Morgan fingerprint density at radius 3 is 2.50 bits per heavy atom. The maximum Gasteiger partial charge on any atom is 0.414 e. The molecule has 1 amide bonds. The molecule has 100 valence electrons. The van der Waals surface area contributed by atoms with E-state index >= 15 is 0 Å². The number of aliphatic hydroxyl groups is 1. The first-order chi connectivity index (χ1) is 8.35. The molecule has 0 aliphatic carbocycles. The molecule has 0 aromatic heterocycles. The highest BCUT2D eigenvalue weighted by molar-refractivity contribution is 5.88. The van der Waals surface area contributed by atoms with Crippen molar-refractivity contribution in [1.29, 1.82) is 0 Å². The predicted octanol–water partition coefficient (Wildman–Crippen LogP) is 2.59. The molecule has 0 spiro atoms. The molecule has 0 heterocycles. The number of benzene rings is 1. The lowest BCUT2D eigenvalue weighted by Crippen LogP contribution is -2.34. The molecule has 1 N–H and O–H groups in total. The third-order valence-electron chi connectivity index (χ3n) is 2.40. The quantitative estimate of drug-likeness (QED) is 0.898. The van der Waals surface area contributed by atoms with Gasteiger partial charge in [0.05, 0.1) is 0 Å². The van der Waals surface area contributed by atoms with Crippen molar-refractivity contribution in [3.8, 4) is 0 Å². The van der Waals surface area contributed by atoms with Crippen LogP contribution in [0, 0.1) is 0 Å². The molecular weight excluding hydrogens is 230 g/mol. The molecule has 0 aliphatic heterocycles. The highest BCUT2D eigenvalue weighted by Crippen LogP contribution is 2.21. The summed E-state index contributed by atoms with van der Waals surface area (Å²) in [6, 6.07) is 7.48. The third kappa shape index (κ3) is 4.04. The van der Waals surface area contributed by atoms with Crippen molar-refractivity contribution in [3.63, 3.8) is 0 Å². The number of rotatable bonds is 3. The Kier molecular flexibility index (Phi) is 4.73. The lowest BCUT2D eigenvalue weighted by Gasteiger charge is -2.26. The van der Waals surface area contributed by atoms with Crippen molar-refractivity contribution in [3.05, 3.63) is 29.8 Å². The second-order valence-corrected chi connectivity index (χ2v) is 5.14. The van der Waals surface area contributed by atoms with E-state index in [2.05, 4.69) is 0 Å². The van der Waals surface area contributed by atoms with Crippen molar-refractivity contribution in [2.24, 2.45) is 0 Å². The number of ether oxygens (including phenoxy) is 1. The van der Waals surface area contributed by atoms with Crippen LogP contribution in [-0.4, -0.2) is 30.5 Å². The normalized spacial score (nSPS) is 11.2. The smallest absolute Gasteiger partial charge is 0.414 e. The van der Waals surface area contributed by atoms with Crippen LogP contribution in [0.4, 0.5) is 10.5 Å². The Labute approximate surface area is 108 Å². The molecule has 4 heteroatoms. The van der Waals surface area contributed by atoms with Crippen LogP contribution in [0.3, 0.4) is 0 Å². The largest absolute Gasteiger partial charge is 0.443 e. The van der Waals surface area contributed by atoms with Gasteiger partial charge in [0, 0.05) is 19.3 Å².